The summed E-state index contributed by atoms with van der Waals surface area (Å²) in [6.45, 7) is 1.62. The Morgan fingerprint density at radius 2 is 1.89 bits per heavy atom. The third-order valence-electron chi connectivity index (χ3n) is 5.31. The zero-order valence-electron chi connectivity index (χ0n) is 15.0. The molecule has 0 spiro atoms. The lowest BCUT2D eigenvalue weighted by Gasteiger charge is -2.38. The number of carbonyl (C=O) groups is 1. The summed E-state index contributed by atoms with van der Waals surface area (Å²) < 4.78 is 19.3. The number of benzene rings is 2. The van der Waals surface area contributed by atoms with Crippen molar-refractivity contribution in [1.82, 2.24) is 10.3 Å². The number of nitrogens with one attached hydrogen (secondary N) is 1. The molecule has 2 aromatic carbocycles. The number of fused-ring (bicyclic) bond motifs is 1. The third kappa shape index (κ3) is 3.69. The normalized spacial score (nSPS) is 16.2. The fourth-order valence-electron chi connectivity index (χ4n) is 3.68. The molecular weight excluding hydrogens is 343 g/mol. The summed E-state index contributed by atoms with van der Waals surface area (Å²) >= 11 is 0. The molecule has 1 aliphatic heterocycles. The fourth-order valence-corrected chi connectivity index (χ4v) is 3.68. The molecule has 1 aliphatic rings. The van der Waals surface area contributed by atoms with Crippen LogP contribution in [0, 0.1) is 5.82 Å². The summed E-state index contributed by atoms with van der Waals surface area (Å²) in [6.07, 6.45) is 1.48. The van der Waals surface area contributed by atoms with Crippen molar-refractivity contribution in [3.8, 4) is 0 Å². The Morgan fingerprint density at radius 3 is 2.70 bits per heavy atom. The van der Waals surface area contributed by atoms with E-state index >= 15 is 0 Å². The van der Waals surface area contributed by atoms with E-state index in [1.807, 2.05) is 36.4 Å². The Labute approximate surface area is 157 Å². The molecule has 1 aromatic heterocycles. The molecule has 0 bridgehead atoms. The lowest BCUT2D eigenvalue weighted by molar-refractivity contribution is 0.0486. The second-order valence-corrected chi connectivity index (χ2v) is 6.97. The first-order valence-corrected chi connectivity index (χ1v) is 9.14. The van der Waals surface area contributed by atoms with E-state index in [0.717, 1.165) is 29.3 Å². The second kappa shape index (κ2) is 7.45. The van der Waals surface area contributed by atoms with Crippen LogP contribution in [-0.4, -0.2) is 30.6 Å². The number of aromatic nitrogens is 1. The topological polar surface area (TPSA) is 51.2 Å². The van der Waals surface area contributed by atoms with Gasteiger partial charge in [-0.15, -0.1) is 0 Å². The maximum absolute atomic E-state index is 13.8. The molecule has 1 amide bonds. The van der Waals surface area contributed by atoms with Gasteiger partial charge in [0.1, 0.15) is 11.5 Å². The molecule has 4 nitrogen and oxygen atoms in total. The Bertz CT molecular complexity index is 967. The van der Waals surface area contributed by atoms with E-state index in [9.17, 15) is 9.18 Å². The van der Waals surface area contributed by atoms with Crippen molar-refractivity contribution in [2.24, 2.45) is 0 Å². The number of halogens is 1. The molecule has 1 N–H and O–H groups in total. The molecule has 4 rings (SSSR count). The average molecular weight is 364 g/mol. The van der Waals surface area contributed by atoms with Crippen molar-refractivity contribution in [2.75, 3.05) is 19.8 Å². The van der Waals surface area contributed by atoms with Gasteiger partial charge in [-0.1, -0.05) is 36.4 Å². The molecule has 1 fully saturated rings. The number of hydrogen-bond acceptors (Lipinski definition) is 3. The molecule has 138 valence electrons. The van der Waals surface area contributed by atoms with Gasteiger partial charge in [0.05, 0.1) is 5.52 Å². The van der Waals surface area contributed by atoms with Crippen molar-refractivity contribution in [2.45, 2.75) is 18.3 Å². The first-order chi connectivity index (χ1) is 13.2. The van der Waals surface area contributed by atoms with Crippen LogP contribution in [0.1, 0.15) is 28.9 Å². The Hall–Kier alpha value is -2.79. The van der Waals surface area contributed by atoms with Gasteiger partial charge in [0, 0.05) is 30.6 Å². The van der Waals surface area contributed by atoms with Crippen LogP contribution < -0.4 is 5.32 Å². The number of nitrogens with zero attached hydrogens (tertiary/aromatic N) is 1. The zero-order valence-corrected chi connectivity index (χ0v) is 15.0. The highest BCUT2D eigenvalue weighted by atomic mass is 19.1. The van der Waals surface area contributed by atoms with E-state index in [1.165, 1.54) is 6.07 Å². The van der Waals surface area contributed by atoms with Gasteiger partial charge in [-0.05, 0) is 42.7 Å². The molecule has 5 heteroatoms. The summed E-state index contributed by atoms with van der Waals surface area (Å²) in [4.78, 5) is 17.1. The number of carbonyl (C=O) groups excluding carboxylic acids is 1. The van der Waals surface area contributed by atoms with Crippen LogP contribution in [0.5, 0.6) is 0 Å². The van der Waals surface area contributed by atoms with Crippen LogP contribution in [-0.2, 0) is 10.2 Å². The minimum absolute atomic E-state index is 0.219. The number of para-hydroxylation sites is 1. The molecule has 2 heterocycles. The van der Waals surface area contributed by atoms with E-state index < -0.39 is 0 Å². The molecule has 0 saturated carbocycles. The molecule has 3 aromatic rings. The average Bonchev–Trinajstić information content (AvgIpc) is 2.72. The predicted octanol–water partition coefficient (Wildman–Crippen LogP) is 3.85. The number of pyridine rings is 1. The summed E-state index contributed by atoms with van der Waals surface area (Å²) in [6, 6.07) is 18.0. The van der Waals surface area contributed by atoms with Crippen molar-refractivity contribution < 1.29 is 13.9 Å². The van der Waals surface area contributed by atoms with Gasteiger partial charge in [-0.3, -0.25) is 4.79 Å². The SMILES string of the molecule is O=C(NCC1(c2cccc(F)c2)CCOCC1)c1ccc2ccccc2n1. The molecule has 0 aliphatic carbocycles. The fraction of sp³-hybridized carbons (Fsp3) is 0.273. The first kappa shape index (κ1) is 17.6. The quantitative estimate of drug-likeness (QED) is 0.765. The van der Waals surface area contributed by atoms with Gasteiger partial charge in [0.15, 0.2) is 0 Å². The third-order valence-corrected chi connectivity index (χ3v) is 5.31. The largest absolute Gasteiger partial charge is 0.381 e. The van der Waals surface area contributed by atoms with E-state index in [2.05, 4.69) is 10.3 Å². The first-order valence-electron chi connectivity index (χ1n) is 9.14. The van der Waals surface area contributed by atoms with Crippen molar-refractivity contribution >= 4 is 16.8 Å². The van der Waals surface area contributed by atoms with Crippen molar-refractivity contribution in [3.63, 3.8) is 0 Å². The van der Waals surface area contributed by atoms with Crippen molar-refractivity contribution in [3.05, 3.63) is 77.7 Å². The number of amides is 1. The van der Waals surface area contributed by atoms with Gasteiger partial charge >= 0.3 is 0 Å². The summed E-state index contributed by atoms with van der Waals surface area (Å²) in [7, 11) is 0. The summed E-state index contributed by atoms with van der Waals surface area (Å²) in [5.74, 6) is -0.482. The van der Waals surface area contributed by atoms with Crippen LogP contribution >= 0.6 is 0 Å². The standard InChI is InChI=1S/C22H21FN2O2/c23-18-6-3-5-17(14-18)22(10-12-27-13-11-22)15-24-21(26)20-9-8-16-4-1-2-7-19(16)25-20/h1-9,14H,10-13,15H2,(H,24,26). The van der Waals surface area contributed by atoms with Crippen LogP contribution in [0.15, 0.2) is 60.7 Å². The lowest BCUT2D eigenvalue weighted by Crippen LogP contribution is -2.44. The highest BCUT2D eigenvalue weighted by Crippen LogP contribution is 2.34. The van der Waals surface area contributed by atoms with Crippen LogP contribution in [0.2, 0.25) is 0 Å². The van der Waals surface area contributed by atoms with E-state index in [-0.39, 0.29) is 17.1 Å². The summed E-state index contributed by atoms with van der Waals surface area (Å²) in [5, 5.41) is 4.01. The molecular formula is C22H21FN2O2. The van der Waals surface area contributed by atoms with Gasteiger partial charge in [0.2, 0.25) is 0 Å². The number of rotatable bonds is 4. The van der Waals surface area contributed by atoms with Gasteiger partial charge in [-0.2, -0.15) is 0 Å². The van der Waals surface area contributed by atoms with Gasteiger partial charge < -0.3 is 10.1 Å². The van der Waals surface area contributed by atoms with E-state index in [0.29, 0.717) is 25.5 Å². The Kier molecular flexibility index (Phi) is 4.86. The monoisotopic (exact) mass is 364 g/mol. The lowest BCUT2D eigenvalue weighted by atomic mass is 9.74. The van der Waals surface area contributed by atoms with Crippen LogP contribution in [0.3, 0.4) is 0 Å². The second-order valence-electron chi connectivity index (χ2n) is 6.97. The molecule has 1 saturated heterocycles. The Balaban J connectivity index is 1.55. The predicted molar refractivity (Wildman–Crippen MR) is 102 cm³/mol. The maximum atomic E-state index is 13.8. The van der Waals surface area contributed by atoms with E-state index in [1.54, 1.807) is 18.2 Å². The van der Waals surface area contributed by atoms with Gasteiger partial charge in [-0.25, -0.2) is 9.37 Å². The molecule has 0 atom stereocenters. The summed E-state index contributed by atoms with van der Waals surface area (Å²) in [5.41, 5.74) is 1.75. The van der Waals surface area contributed by atoms with Gasteiger partial charge in [0.25, 0.3) is 5.91 Å². The number of hydrogen-bond donors (Lipinski definition) is 1. The van der Waals surface area contributed by atoms with Crippen molar-refractivity contribution in [1.29, 1.82) is 0 Å². The highest BCUT2D eigenvalue weighted by Gasteiger charge is 2.35. The van der Waals surface area contributed by atoms with Crippen LogP contribution in [0.4, 0.5) is 4.39 Å². The molecule has 0 unspecified atom stereocenters. The zero-order chi connectivity index (χ0) is 18.7. The minimum Gasteiger partial charge on any atom is -0.381 e. The minimum atomic E-state index is -0.327. The molecule has 27 heavy (non-hydrogen) atoms. The highest BCUT2D eigenvalue weighted by molar-refractivity contribution is 5.94. The number of ether oxygens (including phenoxy) is 1. The van der Waals surface area contributed by atoms with E-state index in [4.69, 9.17) is 4.74 Å². The Morgan fingerprint density at radius 1 is 1.07 bits per heavy atom. The smallest absolute Gasteiger partial charge is 0.269 e. The van der Waals surface area contributed by atoms with Crippen LogP contribution in [0.25, 0.3) is 10.9 Å². The maximum Gasteiger partial charge on any atom is 0.269 e. The molecule has 0 radical (unpaired) electrons.